The van der Waals surface area contributed by atoms with Crippen LogP contribution in [-0.2, 0) is 0 Å². The molecule has 0 radical (unpaired) electrons. The van der Waals surface area contributed by atoms with E-state index < -0.39 is 0 Å². The van der Waals surface area contributed by atoms with E-state index >= 15 is 0 Å². The molecule has 3 aromatic rings. The first-order valence-corrected chi connectivity index (χ1v) is 5.91. The van der Waals surface area contributed by atoms with Crippen LogP contribution in [0.3, 0.4) is 0 Å². The van der Waals surface area contributed by atoms with E-state index in [9.17, 15) is 0 Å². The highest BCUT2D eigenvalue weighted by molar-refractivity contribution is 5.77. The van der Waals surface area contributed by atoms with Gasteiger partial charge in [0.2, 0.25) is 0 Å². The molecule has 0 N–H and O–H groups in total. The van der Waals surface area contributed by atoms with Gasteiger partial charge in [-0.25, -0.2) is 9.97 Å². The standard InChI is InChI=1S/C14H14N4/c1-9-8-15-10(2)14(16-9)18-11(3)17-12-6-4-5-7-13(12)18/h4-8H,1-3H3. The van der Waals surface area contributed by atoms with Gasteiger partial charge in [-0.05, 0) is 32.9 Å². The van der Waals surface area contributed by atoms with Crippen molar-refractivity contribution in [1.82, 2.24) is 19.5 Å². The fourth-order valence-corrected chi connectivity index (χ4v) is 2.15. The fraction of sp³-hybridized carbons (Fsp3) is 0.214. The number of aromatic nitrogens is 4. The van der Waals surface area contributed by atoms with Crippen molar-refractivity contribution in [2.24, 2.45) is 0 Å². The van der Waals surface area contributed by atoms with Crippen molar-refractivity contribution in [1.29, 1.82) is 0 Å². The molecule has 0 fully saturated rings. The van der Waals surface area contributed by atoms with Crippen LogP contribution >= 0.6 is 0 Å². The van der Waals surface area contributed by atoms with Gasteiger partial charge < -0.3 is 0 Å². The Morgan fingerprint density at radius 1 is 1.00 bits per heavy atom. The Bertz CT molecular complexity index is 728. The van der Waals surface area contributed by atoms with Gasteiger partial charge in [0.15, 0.2) is 5.82 Å². The molecule has 0 spiro atoms. The van der Waals surface area contributed by atoms with Crippen molar-refractivity contribution < 1.29 is 0 Å². The van der Waals surface area contributed by atoms with E-state index in [1.54, 1.807) is 6.20 Å². The molecule has 0 saturated carbocycles. The lowest BCUT2D eigenvalue weighted by molar-refractivity contribution is 0.903. The Hall–Kier alpha value is -2.23. The molecule has 0 atom stereocenters. The van der Waals surface area contributed by atoms with Gasteiger partial charge in [-0.2, -0.15) is 0 Å². The summed E-state index contributed by atoms with van der Waals surface area (Å²) in [5, 5.41) is 0. The number of nitrogens with zero attached hydrogens (tertiary/aromatic N) is 4. The van der Waals surface area contributed by atoms with Crippen LogP contribution in [-0.4, -0.2) is 19.5 Å². The lowest BCUT2D eigenvalue weighted by Gasteiger charge is -2.09. The largest absolute Gasteiger partial charge is 0.279 e. The van der Waals surface area contributed by atoms with E-state index in [1.165, 1.54) is 0 Å². The molecule has 4 heteroatoms. The quantitative estimate of drug-likeness (QED) is 0.654. The molecule has 0 bridgehead atoms. The van der Waals surface area contributed by atoms with Crippen LogP contribution < -0.4 is 0 Å². The maximum absolute atomic E-state index is 4.59. The topological polar surface area (TPSA) is 43.6 Å². The molecule has 18 heavy (non-hydrogen) atoms. The second-order valence-corrected chi connectivity index (χ2v) is 4.40. The van der Waals surface area contributed by atoms with Gasteiger partial charge in [-0.3, -0.25) is 9.55 Å². The van der Waals surface area contributed by atoms with Crippen LogP contribution in [0.5, 0.6) is 0 Å². The zero-order chi connectivity index (χ0) is 12.7. The number of hydrogen-bond acceptors (Lipinski definition) is 3. The summed E-state index contributed by atoms with van der Waals surface area (Å²) in [6.07, 6.45) is 1.79. The van der Waals surface area contributed by atoms with Gasteiger partial charge in [0, 0.05) is 6.20 Å². The zero-order valence-corrected chi connectivity index (χ0v) is 10.7. The van der Waals surface area contributed by atoms with Crippen molar-refractivity contribution in [3.63, 3.8) is 0 Å². The van der Waals surface area contributed by atoms with Crippen LogP contribution in [0.1, 0.15) is 17.2 Å². The third-order valence-corrected chi connectivity index (χ3v) is 2.99. The van der Waals surface area contributed by atoms with Crippen LogP contribution in [0.15, 0.2) is 30.5 Å². The first-order valence-electron chi connectivity index (χ1n) is 5.91. The highest BCUT2D eigenvalue weighted by Gasteiger charge is 2.12. The summed E-state index contributed by atoms with van der Waals surface area (Å²) in [6.45, 7) is 5.91. The van der Waals surface area contributed by atoms with Crippen molar-refractivity contribution in [3.8, 4) is 5.82 Å². The van der Waals surface area contributed by atoms with Crippen molar-refractivity contribution in [2.75, 3.05) is 0 Å². The minimum atomic E-state index is 0.862. The van der Waals surface area contributed by atoms with Crippen molar-refractivity contribution in [3.05, 3.63) is 47.7 Å². The Labute approximate surface area is 105 Å². The van der Waals surface area contributed by atoms with E-state index in [-0.39, 0.29) is 0 Å². The number of rotatable bonds is 1. The molecule has 0 amide bonds. The van der Waals surface area contributed by atoms with Gasteiger partial charge in [0.25, 0.3) is 0 Å². The molecular weight excluding hydrogens is 224 g/mol. The van der Waals surface area contributed by atoms with Gasteiger partial charge in [0.1, 0.15) is 5.82 Å². The van der Waals surface area contributed by atoms with Crippen LogP contribution in [0.2, 0.25) is 0 Å². The number of para-hydroxylation sites is 2. The summed E-state index contributed by atoms with van der Waals surface area (Å²) in [4.78, 5) is 13.5. The fourth-order valence-electron chi connectivity index (χ4n) is 2.15. The normalized spacial score (nSPS) is 11.1. The molecule has 0 aliphatic heterocycles. The molecule has 0 aliphatic carbocycles. The number of aryl methyl sites for hydroxylation is 3. The summed E-state index contributed by atoms with van der Waals surface area (Å²) < 4.78 is 2.06. The molecule has 0 unspecified atom stereocenters. The van der Waals surface area contributed by atoms with Gasteiger partial charge in [0.05, 0.1) is 22.4 Å². The second-order valence-electron chi connectivity index (χ2n) is 4.40. The molecule has 1 aromatic carbocycles. The van der Waals surface area contributed by atoms with Crippen LogP contribution in [0.25, 0.3) is 16.9 Å². The van der Waals surface area contributed by atoms with E-state index in [2.05, 4.69) is 25.6 Å². The number of benzene rings is 1. The number of hydrogen-bond donors (Lipinski definition) is 0. The Morgan fingerprint density at radius 3 is 2.61 bits per heavy atom. The Morgan fingerprint density at radius 2 is 1.78 bits per heavy atom. The molecular formula is C14H14N4. The SMILES string of the molecule is Cc1cnc(C)c(-n2c(C)nc3ccccc32)n1. The van der Waals surface area contributed by atoms with Crippen molar-refractivity contribution >= 4 is 11.0 Å². The maximum atomic E-state index is 4.59. The highest BCUT2D eigenvalue weighted by Crippen LogP contribution is 2.21. The summed E-state index contributed by atoms with van der Waals surface area (Å²) in [5.74, 6) is 1.79. The lowest BCUT2D eigenvalue weighted by Crippen LogP contribution is -2.05. The van der Waals surface area contributed by atoms with Gasteiger partial charge >= 0.3 is 0 Å². The average molecular weight is 238 g/mol. The third kappa shape index (κ3) is 1.57. The third-order valence-electron chi connectivity index (χ3n) is 2.99. The average Bonchev–Trinajstić information content (AvgIpc) is 2.68. The summed E-state index contributed by atoms with van der Waals surface area (Å²) in [6, 6.07) is 8.07. The predicted octanol–water partition coefficient (Wildman–Crippen LogP) is 2.74. The number of imidazole rings is 1. The van der Waals surface area contributed by atoms with Crippen molar-refractivity contribution in [2.45, 2.75) is 20.8 Å². The van der Waals surface area contributed by atoms with E-state index in [0.717, 1.165) is 34.1 Å². The predicted molar refractivity (Wildman–Crippen MR) is 70.9 cm³/mol. The summed E-state index contributed by atoms with van der Waals surface area (Å²) in [7, 11) is 0. The maximum Gasteiger partial charge on any atom is 0.160 e. The molecule has 4 nitrogen and oxygen atoms in total. The van der Waals surface area contributed by atoms with E-state index in [1.807, 2.05) is 39.0 Å². The van der Waals surface area contributed by atoms with Gasteiger partial charge in [-0.1, -0.05) is 12.1 Å². The second kappa shape index (κ2) is 3.91. The Balaban J connectivity index is 2.37. The van der Waals surface area contributed by atoms with E-state index in [0.29, 0.717) is 0 Å². The summed E-state index contributed by atoms with van der Waals surface area (Å²) in [5.41, 5.74) is 3.87. The molecule has 3 rings (SSSR count). The molecule has 0 saturated heterocycles. The zero-order valence-electron chi connectivity index (χ0n) is 10.7. The molecule has 90 valence electrons. The first-order chi connectivity index (χ1) is 8.66. The minimum Gasteiger partial charge on any atom is -0.279 e. The molecule has 0 aliphatic rings. The number of fused-ring (bicyclic) bond motifs is 1. The lowest BCUT2D eigenvalue weighted by atomic mass is 10.3. The monoisotopic (exact) mass is 238 g/mol. The van der Waals surface area contributed by atoms with E-state index in [4.69, 9.17) is 0 Å². The smallest absolute Gasteiger partial charge is 0.160 e. The summed E-state index contributed by atoms with van der Waals surface area (Å²) >= 11 is 0. The minimum absolute atomic E-state index is 0.862. The Kier molecular flexibility index (Phi) is 2.37. The molecule has 2 aromatic heterocycles. The van der Waals surface area contributed by atoms with Crippen LogP contribution in [0, 0.1) is 20.8 Å². The van der Waals surface area contributed by atoms with Gasteiger partial charge in [-0.15, -0.1) is 0 Å². The molecule has 2 heterocycles. The first kappa shape index (κ1) is 10.9. The highest BCUT2D eigenvalue weighted by atomic mass is 15.1. The van der Waals surface area contributed by atoms with Crippen LogP contribution in [0.4, 0.5) is 0 Å².